The van der Waals surface area contributed by atoms with Gasteiger partial charge in [0.15, 0.2) is 0 Å². The van der Waals surface area contributed by atoms with Crippen molar-refractivity contribution in [1.29, 1.82) is 0 Å². The van der Waals surface area contributed by atoms with Crippen LogP contribution in [0.25, 0.3) is 0 Å². The van der Waals surface area contributed by atoms with E-state index in [4.69, 9.17) is 4.42 Å². The minimum atomic E-state index is -4.30. The van der Waals surface area contributed by atoms with E-state index in [0.717, 1.165) is 23.3 Å². The molecule has 0 aliphatic heterocycles. The topological polar surface area (TPSA) is 25.2 Å². The second kappa shape index (κ2) is 5.48. The van der Waals surface area contributed by atoms with Gasteiger partial charge in [-0.05, 0) is 30.3 Å². The molecule has 1 atom stereocenters. The number of halogens is 3. The molecule has 0 aliphatic rings. The van der Waals surface area contributed by atoms with E-state index in [1.165, 1.54) is 12.1 Å². The predicted octanol–water partition coefficient (Wildman–Crippen LogP) is 4.00. The maximum atomic E-state index is 12.5. The molecule has 1 aromatic heterocycles. The van der Waals surface area contributed by atoms with Crippen molar-refractivity contribution in [1.82, 2.24) is 5.32 Å². The Kier molecular flexibility index (Phi) is 3.95. The molecule has 2 nitrogen and oxygen atoms in total. The Morgan fingerprint density at radius 3 is 2.26 bits per heavy atom. The van der Waals surface area contributed by atoms with Crippen LogP contribution in [0.3, 0.4) is 0 Å². The normalized spacial score (nSPS) is 13.5. The second-order valence-corrected chi connectivity index (χ2v) is 4.17. The molecule has 1 aromatic carbocycles. The summed E-state index contributed by atoms with van der Waals surface area (Å²) in [7, 11) is 0. The zero-order valence-corrected chi connectivity index (χ0v) is 10.4. The number of hydrogen-bond donors (Lipinski definition) is 1. The lowest BCUT2D eigenvalue weighted by molar-refractivity contribution is -0.137. The van der Waals surface area contributed by atoms with E-state index >= 15 is 0 Å². The highest BCUT2D eigenvalue weighted by atomic mass is 19.4. The highest BCUT2D eigenvalue weighted by Gasteiger charge is 2.30. The van der Waals surface area contributed by atoms with Crippen LogP contribution in [0.4, 0.5) is 13.2 Å². The highest BCUT2D eigenvalue weighted by molar-refractivity contribution is 5.32. The van der Waals surface area contributed by atoms with Gasteiger partial charge in [-0.2, -0.15) is 13.2 Å². The molecule has 0 saturated carbocycles. The number of alkyl halides is 3. The van der Waals surface area contributed by atoms with Crippen LogP contribution in [-0.4, -0.2) is 6.54 Å². The van der Waals surface area contributed by atoms with E-state index in [-0.39, 0.29) is 6.04 Å². The Morgan fingerprint density at radius 1 is 1.11 bits per heavy atom. The van der Waals surface area contributed by atoms with Gasteiger partial charge in [0.05, 0.1) is 24.1 Å². The molecule has 19 heavy (non-hydrogen) atoms. The molecule has 5 heteroatoms. The predicted molar refractivity (Wildman–Crippen MR) is 65.7 cm³/mol. The van der Waals surface area contributed by atoms with Crippen LogP contribution in [0.15, 0.2) is 47.3 Å². The summed E-state index contributed by atoms with van der Waals surface area (Å²) in [6.45, 7) is 2.65. The van der Waals surface area contributed by atoms with Crippen LogP contribution >= 0.6 is 0 Å². The summed E-state index contributed by atoms with van der Waals surface area (Å²) >= 11 is 0. The van der Waals surface area contributed by atoms with E-state index in [1.54, 1.807) is 18.6 Å². The van der Waals surface area contributed by atoms with Gasteiger partial charge in [-0.25, -0.2) is 0 Å². The second-order valence-electron chi connectivity index (χ2n) is 4.17. The van der Waals surface area contributed by atoms with Gasteiger partial charge in [-0.3, -0.25) is 0 Å². The van der Waals surface area contributed by atoms with Gasteiger partial charge < -0.3 is 9.73 Å². The zero-order chi connectivity index (χ0) is 13.9. The Bertz CT molecular complexity index is 502. The number of rotatable bonds is 4. The first kappa shape index (κ1) is 13.7. The number of hydrogen-bond acceptors (Lipinski definition) is 2. The molecule has 0 spiro atoms. The molecule has 2 aromatic rings. The maximum Gasteiger partial charge on any atom is 0.416 e. The van der Waals surface area contributed by atoms with Crippen LogP contribution in [0.2, 0.25) is 0 Å². The van der Waals surface area contributed by atoms with Crippen LogP contribution in [-0.2, 0) is 6.18 Å². The molecular formula is C14H14F3NO. The molecule has 102 valence electrons. The maximum absolute atomic E-state index is 12.5. The number of nitrogens with one attached hydrogen (secondary N) is 1. The fourth-order valence-electron chi connectivity index (χ4n) is 1.94. The molecule has 2 rings (SSSR count). The van der Waals surface area contributed by atoms with Gasteiger partial charge in [0.1, 0.15) is 0 Å². The molecule has 1 unspecified atom stereocenters. The third-order valence-electron chi connectivity index (χ3n) is 2.86. The Hall–Kier alpha value is -1.75. The molecule has 0 fully saturated rings. The van der Waals surface area contributed by atoms with Crippen LogP contribution in [0.1, 0.15) is 29.7 Å². The molecule has 0 bridgehead atoms. The molecule has 0 saturated heterocycles. The average molecular weight is 269 g/mol. The molecule has 1 heterocycles. The van der Waals surface area contributed by atoms with Gasteiger partial charge in [0.2, 0.25) is 0 Å². The van der Waals surface area contributed by atoms with E-state index in [2.05, 4.69) is 5.32 Å². The third-order valence-corrected chi connectivity index (χ3v) is 2.86. The Balaban J connectivity index is 2.28. The lowest BCUT2D eigenvalue weighted by atomic mass is 10.00. The largest absolute Gasteiger partial charge is 0.472 e. The molecule has 0 radical (unpaired) electrons. The van der Waals surface area contributed by atoms with Crippen molar-refractivity contribution in [3.63, 3.8) is 0 Å². The summed E-state index contributed by atoms with van der Waals surface area (Å²) in [4.78, 5) is 0. The average Bonchev–Trinajstić information content (AvgIpc) is 2.89. The minimum absolute atomic E-state index is 0.161. The molecule has 0 aliphatic carbocycles. The van der Waals surface area contributed by atoms with E-state index < -0.39 is 11.7 Å². The Morgan fingerprint density at radius 2 is 1.79 bits per heavy atom. The van der Waals surface area contributed by atoms with Crippen molar-refractivity contribution in [3.05, 3.63) is 59.5 Å². The monoisotopic (exact) mass is 269 g/mol. The summed E-state index contributed by atoms with van der Waals surface area (Å²) < 4.78 is 42.6. The summed E-state index contributed by atoms with van der Waals surface area (Å²) in [6.07, 6.45) is -1.17. The van der Waals surface area contributed by atoms with Gasteiger partial charge in [-0.15, -0.1) is 0 Å². The molecular weight excluding hydrogens is 255 g/mol. The smallest absolute Gasteiger partial charge is 0.416 e. The highest BCUT2D eigenvalue weighted by Crippen LogP contribution is 2.31. The minimum Gasteiger partial charge on any atom is -0.472 e. The zero-order valence-electron chi connectivity index (χ0n) is 10.4. The quantitative estimate of drug-likeness (QED) is 0.907. The van der Waals surface area contributed by atoms with E-state index in [1.807, 2.05) is 6.92 Å². The van der Waals surface area contributed by atoms with Crippen molar-refractivity contribution < 1.29 is 17.6 Å². The van der Waals surface area contributed by atoms with Gasteiger partial charge in [-0.1, -0.05) is 19.1 Å². The lowest BCUT2D eigenvalue weighted by Crippen LogP contribution is -2.21. The van der Waals surface area contributed by atoms with Crippen LogP contribution in [0.5, 0.6) is 0 Å². The van der Waals surface area contributed by atoms with Crippen LogP contribution in [0, 0.1) is 0 Å². The van der Waals surface area contributed by atoms with Crippen molar-refractivity contribution >= 4 is 0 Å². The van der Waals surface area contributed by atoms with Crippen LogP contribution < -0.4 is 5.32 Å². The first-order valence-electron chi connectivity index (χ1n) is 5.95. The Labute approximate surface area is 109 Å². The van der Waals surface area contributed by atoms with Crippen molar-refractivity contribution in [2.24, 2.45) is 0 Å². The number of furan rings is 1. The molecule has 1 N–H and O–H groups in total. The first-order chi connectivity index (χ1) is 9.02. The number of benzene rings is 1. The van der Waals surface area contributed by atoms with Crippen molar-refractivity contribution in [2.75, 3.05) is 6.54 Å². The standard InChI is InChI=1S/C14H14F3NO/c1-2-18-13(11-7-8-19-9-11)10-3-5-12(6-4-10)14(15,16)17/h3-9,13,18H,2H2,1H3. The summed E-state index contributed by atoms with van der Waals surface area (Å²) in [5, 5.41) is 3.22. The fraction of sp³-hybridized carbons (Fsp3) is 0.286. The van der Waals surface area contributed by atoms with E-state index in [9.17, 15) is 13.2 Å². The summed E-state index contributed by atoms with van der Waals surface area (Å²) in [5.74, 6) is 0. The third kappa shape index (κ3) is 3.17. The van der Waals surface area contributed by atoms with Gasteiger partial charge >= 0.3 is 6.18 Å². The lowest BCUT2D eigenvalue weighted by Gasteiger charge is -2.17. The van der Waals surface area contributed by atoms with E-state index in [0.29, 0.717) is 6.54 Å². The van der Waals surface area contributed by atoms with Crippen molar-refractivity contribution in [3.8, 4) is 0 Å². The fourth-order valence-corrected chi connectivity index (χ4v) is 1.94. The first-order valence-corrected chi connectivity index (χ1v) is 5.95. The summed E-state index contributed by atoms with van der Waals surface area (Å²) in [6, 6.07) is 6.81. The SMILES string of the molecule is CCNC(c1ccc(C(F)(F)F)cc1)c1ccoc1. The van der Waals surface area contributed by atoms with Crippen molar-refractivity contribution in [2.45, 2.75) is 19.1 Å². The molecule has 0 amide bonds. The van der Waals surface area contributed by atoms with Gasteiger partial charge in [0.25, 0.3) is 0 Å². The van der Waals surface area contributed by atoms with Gasteiger partial charge in [0, 0.05) is 5.56 Å². The summed E-state index contributed by atoms with van der Waals surface area (Å²) in [5.41, 5.74) is 1.02.